The molecule has 0 aliphatic heterocycles. The van der Waals surface area contributed by atoms with Crippen LogP contribution in [0.1, 0.15) is 35.6 Å². The van der Waals surface area contributed by atoms with Crippen molar-refractivity contribution >= 4 is 24.2 Å². The Bertz CT molecular complexity index is 1100. The monoisotopic (exact) mass is 456 g/mol. The summed E-state index contributed by atoms with van der Waals surface area (Å²) in [5.74, 6) is -1.00. The van der Waals surface area contributed by atoms with Crippen molar-refractivity contribution < 1.29 is 31.0 Å². The molecule has 6 heteroatoms. The number of carbonyl (C=O) groups excluding carboxylic acids is 2. The first-order valence-corrected chi connectivity index (χ1v) is 17.8. The minimum absolute atomic E-state index is 0.292. The van der Waals surface area contributed by atoms with Crippen molar-refractivity contribution in [2.75, 3.05) is 0 Å². The summed E-state index contributed by atoms with van der Waals surface area (Å²) in [5, 5.41) is 0. The zero-order valence-electron chi connectivity index (χ0n) is 18.0. The van der Waals surface area contributed by atoms with Gasteiger partial charge in [0.2, 0.25) is 0 Å². The Labute approximate surface area is 180 Å². The van der Waals surface area contributed by atoms with Crippen LogP contribution in [0.25, 0.3) is 6.08 Å². The third-order valence-electron chi connectivity index (χ3n) is 5.98. The third kappa shape index (κ3) is 3.35. The number of carbonyl (C=O) groups is 2. The number of hydrogen-bond donors (Lipinski definition) is 0. The number of hydrogen-bond acceptors (Lipinski definition) is 4. The van der Waals surface area contributed by atoms with Crippen molar-refractivity contribution in [3.8, 4) is 0 Å². The molecule has 0 saturated heterocycles. The molecule has 0 fully saturated rings. The van der Waals surface area contributed by atoms with Crippen LogP contribution < -0.4 is 0 Å². The van der Waals surface area contributed by atoms with Crippen molar-refractivity contribution in [3.63, 3.8) is 0 Å². The van der Waals surface area contributed by atoms with Crippen molar-refractivity contribution in [1.29, 1.82) is 0 Å². The van der Waals surface area contributed by atoms with Crippen LogP contribution in [0.3, 0.4) is 0 Å². The number of fused-ring (bicyclic) bond motifs is 1. The van der Waals surface area contributed by atoms with E-state index >= 15 is 0 Å². The number of allylic oxidation sites excluding steroid dienone is 5. The molecule has 156 valence electrons. The molecule has 0 spiro atoms. The van der Waals surface area contributed by atoms with E-state index in [0.29, 0.717) is 17.6 Å². The predicted molar refractivity (Wildman–Crippen MR) is 119 cm³/mol. The van der Waals surface area contributed by atoms with Gasteiger partial charge in [-0.25, -0.2) is 0 Å². The van der Waals surface area contributed by atoms with Gasteiger partial charge in [0.25, 0.3) is 0 Å². The van der Waals surface area contributed by atoms with Crippen LogP contribution in [0, 0.1) is 0 Å². The maximum atomic E-state index is 13.1. The average molecular weight is 456 g/mol. The van der Waals surface area contributed by atoms with Gasteiger partial charge in [0, 0.05) is 0 Å². The molecular weight excluding hydrogens is 428 g/mol. The Kier molecular flexibility index (Phi) is 6.10. The summed E-state index contributed by atoms with van der Waals surface area (Å²) in [5.41, 5.74) is 2.69. The Hall–Kier alpha value is -2.21. The summed E-state index contributed by atoms with van der Waals surface area (Å²) in [6.45, 7) is 15.0. The Morgan fingerprint density at radius 1 is 1.07 bits per heavy atom. The molecular formula is C24H28O4SiTi. The summed E-state index contributed by atoms with van der Waals surface area (Å²) >= 11 is -5.06. The molecule has 0 aromatic heterocycles. The summed E-state index contributed by atoms with van der Waals surface area (Å²) < 4.78 is 13.8. The van der Waals surface area contributed by atoms with Crippen LogP contribution in [-0.4, -0.2) is 18.1 Å². The molecule has 1 unspecified atom stereocenters. The molecule has 1 aromatic carbocycles. The van der Waals surface area contributed by atoms with Crippen LogP contribution in [0.5, 0.6) is 0 Å². The molecule has 2 aliphatic carbocycles. The van der Waals surface area contributed by atoms with E-state index in [1.165, 1.54) is 0 Å². The summed E-state index contributed by atoms with van der Waals surface area (Å²) in [7, 11) is 0. The van der Waals surface area contributed by atoms with Crippen molar-refractivity contribution in [1.82, 2.24) is 0 Å². The van der Waals surface area contributed by atoms with Crippen LogP contribution in [0.15, 0.2) is 76.8 Å². The molecule has 2 aliphatic rings. The molecule has 0 heterocycles. The SMILES string of the molecule is C=C(C)C(=O)[O][Ti]([O]C(=O)C(=C)C)([C]1=CC=CC1)([CH]1C=Cc2ccccc21)=[Si](C)C. The second kappa shape index (κ2) is 8.14. The van der Waals surface area contributed by atoms with Gasteiger partial charge in [-0.15, -0.1) is 0 Å². The van der Waals surface area contributed by atoms with Gasteiger partial charge >= 0.3 is 181 Å². The second-order valence-electron chi connectivity index (χ2n) is 8.27. The number of benzene rings is 1. The first-order valence-electron chi connectivity index (χ1n) is 10.0. The zero-order valence-corrected chi connectivity index (χ0v) is 20.6. The van der Waals surface area contributed by atoms with Gasteiger partial charge in [0.1, 0.15) is 0 Å². The van der Waals surface area contributed by atoms with Gasteiger partial charge in [-0.2, -0.15) is 0 Å². The fourth-order valence-electron chi connectivity index (χ4n) is 4.36. The maximum absolute atomic E-state index is 13.1. The van der Waals surface area contributed by atoms with Gasteiger partial charge in [-0.3, -0.25) is 0 Å². The predicted octanol–water partition coefficient (Wildman–Crippen LogP) is 5.61. The molecule has 0 N–H and O–H groups in total. The van der Waals surface area contributed by atoms with Gasteiger partial charge in [0.15, 0.2) is 0 Å². The van der Waals surface area contributed by atoms with Crippen molar-refractivity contribution in [2.45, 2.75) is 37.6 Å². The molecule has 1 aromatic rings. The second-order valence-corrected chi connectivity index (χ2v) is 25.0. The Balaban J connectivity index is 2.45. The van der Waals surface area contributed by atoms with Crippen LogP contribution in [0.4, 0.5) is 0 Å². The summed E-state index contributed by atoms with van der Waals surface area (Å²) in [6.07, 6.45) is 9.19. The molecule has 1 atom stereocenters. The molecule has 0 radical (unpaired) electrons. The van der Waals surface area contributed by atoms with Crippen molar-refractivity contribution in [3.05, 3.63) is 87.9 Å². The van der Waals surface area contributed by atoms with Crippen molar-refractivity contribution in [2.24, 2.45) is 0 Å². The molecule has 0 saturated carbocycles. The van der Waals surface area contributed by atoms with Crippen LogP contribution >= 0.6 is 0 Å². The van der Waals surface area contributed by atoms with Gasteiger partial charge in [0.05, 0.1) is 0 Å². The fraction of sp³-hybridized carbons (Fsp3) is 0.250. The number of rotatable bonds is 6. The molecule has 3 rings (SSSR count). The first-order chi connectivity index (χ1) is 14.1. The van der Waals surface area contributed by atoms with Gasteiger partial charge in [-0.1, -0.05) is 0 Å². The van der Waals surface area contributed by atoms with Crippen LogP contribution in [-0.2, 0) is 31.0 Å². The van der Waals surface area contributed by atoms with E-state index in [2.05, 4.69) is 32.3 Å². The van der Waals surface area contributed by atoms with E-state index in [4.69, 9.17) is 6.64 Å². The van der Waals surface area contributed by atoms with Gasteiger partial charge < -0.3 is 0 Å². The average Bonchev–Trinajstić information content (AvgIpc) is 3.37. The standard InChI is InChI=1S/C9H7.C5H5.2C4H6O2.C2H6Si.Ti/c1-2-5-9-7-3-6-8(9)4-1;1-2-4-5-3-1;2*1-3(2)4(5)6;1-3-2;/h1-7H;1-3H,4H2;2*1H2,2H3,(H,5,6);1-2H3;/q;;;;;+2/p-2. The van der Waals surface area contributed by atoms with E-state index in [1.807, 2.05) is 48.6 Å². The fourth-order valence-corrected chi connectivity index (χ4v) is 23.0. The van der Waals surface area contributed by atoms with Gasteiger partial charge in [-0.05, 0) is 0 Å². The topological polar surface area (TPSA) is 52.6 Å². The normalized spacial score (nSPS) is 17.2. The van der Waals surface area contributed by atoms with E-state index in [0.717, 1.165) is 15.0 Å². The summed E-state index contributed by atoms with van der Waals surface area (Å²) in [4.78, 5) is 26.2. The summed E-state index contributed by atoms with van der Waals surface area (Å²) in [6, 6.07) is 8.03. The molecule has 4 nitrogen and oxygen atoms in total. The Morgan fingerprint density at radius 3 is 2.17 bits per heavy atom. The quantitative estimate of drug-likeness (QED) is 0.413. The van der Waals surface area contributed by atoms with E-state index in [9.17, 15) is 9.59 Å². The van der Waals surface area contributed by atoms with E-state index in [-0.39, 0.29) is 4.22 Å². The molecule has 0 bridgehead atoms. The third-order valence-corrected chi connectivity index (χ3v) is 27.1. The minimum atomic E-state index is -5.06. The first kappa shape index (κ1) is 22.5. The Morgan fingerprint density at radius 2 is 1.67 bits per heavy atom. The van der Waals surface area contributed by atoms with E-state index in [1.54, 1.807) is 13.8 Å². The zero-order chi connectivity index (χ0) is 22.1. The van der Waals surface area contributed by atoms with Crippen LogP contribution in [0.2, 0.25) is 13.1 Å². The van der Waals surface area contributed by atoms with E-state index < -0.39 is 32.9 Å². The molecule has 30 heavy (non-hydrogen) atoms. The molecule has 0 amide bonds.